The van der Waals surface area contributed by atoms with Crippen molar-refractivity contribution in [1.82, 2.24) is 19.2 Å². The minimum atomic E-state index is -0.528. The third kappa shape index (κ3) is 3.04. The molecule has 1 fully saturated rings. The van der Waals surface area contributed by atoms with Gasteiger partial charge in [-0.05, 0) is 34.9 Å². The van der Waals surface area contributed by atoms with Crippen LogP contribution in [0.25, 0.3) is 0 Å². The van der Waals surface area contributed by atoms with Crippen LogP contribution in [0.1, 0.15) is 28.4 Å². The van der Waals surface area contributed by atoms with Crippen molar-refractivity contribution < 1.29 is 0 Å². The monoisotopic (exact) mass is 394 g/mol. The lowest BCUT2D eigenvalue weighted by atomic mass is 10.00. The lowest BCUT2D eigenvalue weighted by molar-refractivity contribution is 0.304. The zero-order chi connectivity index (χ0) is 19.3. The highest BCUT2D eigenvalue weighted by Gasteiger charge is 2.42. The number of aromatic nitrogens is 3. The van der Waals surface area contributed by atoms with Crippen molar-refractivity contribution in [3.05, 3.63) is 84.3 Å². The maximum Gasteiger partial charge on any atom is 0.332 e. The summed E-state index contributed by atoms with van der Waals surface area (Å²) in [6.45, 7) is 5.72. The van der Waals surface area contributed by atoms with Crippen molar-refractivity contribution in [2.75, 3.05) is 13.1 Å². The van der Waals surface area contributed by atoms with E-state index in [-0.39, 0.29) is 5.92 Å². The largest absolute Gasteiger partial charge is 0.332 e. The minimum Gasteiger partial charge on any atom is -0.298 e. The van der Waals surface area contributed by atoms with Crippen LogP contribution in [0.5, 0.6) is 0 Å². The first-order chi connectivity index (χ1) is 13.6. The predicted octanol–water partition coefficient (Wildman–Crippen LogP) is 2.05. The highest BCUT2D eigenvalue weighted by atomic mass is 32.1. The molecular formula is C21H22N4O2S. The van der Waals surface area contributed by atoms with Crippen LogP contribution in [-0.4, -0.2) is 32.3 Å². The zero-order valence-electron chi connectivity index (χ0n) is 15.7. The third-order valence-electron chi connectivity index (χ3n) is 5.87. The lowest BCUT2D eigenvalue weighted by Crippen LogP contribution is -2.44. The first kappa shape index (κ1) is 17.6. The van der Waals surface area contributed by atoms with E-state index in [2.05, 4.69) is 26.8 Å². The molecule has 0 unspecified atom stereocenters. The number of nitrogens with zero attached hydrogens (tertiary/aromatic N) is 4. The highest BCUT2D eigenvalue weighted by molar-refractivity contribution is 7.07. The molecule has 0 N–H and O–H groups in total. The molecule has 2 aliphatic heterocycles. The summed E-state index contributed by atoms with van der Waals surface area (Å²) in [5.74, 6) is 1.35. The molecule has 1 aromatic carbocycles. The van der Waals surface area contributed by atoms with Gasteiger partial charge in [0, 0.05) is 38.0 Å². The Balaban J connectivity index is 1.43. The summed E-state index contributed by atoms with van der Waals surface area (Å²) in [6.07, 6.45) is 0. The molecule has 7 heteroatoms. The second kappa shape index (κ2) is 6.83. The number of hydrogen-bond donors (Lipinski definition) is 0. The van der Waals surface area contributed by atoms with E-state index in [1.54, 1.807) is 15.9 Å². The van der Waals surface area contributed by atoms with E-state index in [4.69, 9.17) is 0 Å². The van der Waals surface area contributed by atoms with Crippen LogP contribution in [0.15, 0.2) is 50.7 Å². The predicted molar refractivity (Wildman–Crippen MR) is 109 cm³/mol. The van der Waals surface area contributed by atoms with Gasteiger partial charge in [0.1, 0.15) is 5.82 Å². The number of benzene rings is 1. The Labute approximate surface area is 166 Å². The number of fused-ring (bicyclic) bond motifs is 3. The second-order valence-corrected chi connectivity index (χ2v) is 8.69. The van der Waals surface area contributed by atoms with Crippen LogP contribution in [0.4, 0.5) is 0 Å². The molecule has 5 rings (SSSR count). The molecular weight excluding hydrogens is 372 g/mol. The molecule has 144 valence electrons. The molecule has 0 saturated carbocycles. The fourth-order valence-electron chi connectivity index (χ4n) is 4.42. The van der Waals surface area contributed by atoms with Gasteiger partial charge in [-0.3, -0.25) is 19.1 Å². The van der Waals surface area contributed by atoms with Crippen LogP contribution in [0.3, 0.4) is 0 Å². The molecule has 6 nitrogen and oxygen atoms in total. The Bertz CT molecular complexity index is 1110. The zero-order valence-corrected chi connectivity index (χ0v) is 16.6. The molecule has 2 aliphatic rings. The second-order valence-electron chi connectivity index (χ2n) is 7.91. The van der Waals surface area contributed by atoms with Gasteiger partial charge in [0.2, 0.25) is 0 Å². The van der Waals surface area contributed by atoms with E-state index < -0.39 is 11.1 Å². The van der Waals surface area contributed by atoms with E-state index in [1.165, 1.54) is 10.2 Å². The molecule has 0 spiro atoms. The molecule has 0 aliphatic carbocycles. The van der Waals surface area contributed by atoms with Gasteiger partial charge in [-0.2, -0.15) is 16.4 Å². The van der Waals surface area contributed by atoms with E-state index in [1.807, 2.05) is 31.2 Å². The van der Waals surface area contributed by atoms with Crippen LogP contribution in [-0.2, 0) is 19.6 Å². The van der Waals surface area contributed by atoms with Crippen LogP contribution in [0, 0.1) is 12.8 Å². The fourth-order valence-corrected chi connectivity index (χ4v) is 5.08. The van der Waals surface area contributed by atoms with Gasteiger partial charge in [-0.15, -0.1) is 0 Å². The van der Waals surface area contributed by atoms with Crippen molar-refractivity contribution in [1.29, 1.82) is 0 Å². The molecule has 3 aromatic rings. The summed E-state index contributed by atoms with van der Waals surface area (Å²) in [5, 5.41) is 8.94. The topological polar surface area (TPSA) is 60.1 Å². The smallest absolute Gasteiger partial charge is 0.298 e. The summed E-state index contributed by atoms with van der Waals surface area (Å²) >= 11 is 1.72. The van der Waals surface area contributed by atoms with Gasteiger partial charge in [0.05, 0.1) is 6.54 Å². The third-order valence-corrected chi connectivity index (χ3v) is 6.60. The Kier molecular flexibility index (Phi) is 4.29. The van der Waals surface area contributed by atoms with Gasteiger partial charge in [-0.1, -0.05) is 29.8 Å². The number of aryl methyl sites for hydroxylation is 1. The summed E-state index contributed by atoms with van der Waals surface area (Å²) in [5.41, 5.74) is 2.51. The van der Waals surface area contributed by atoms with Crippen LogP contribution in [0.2, 0.25) is 0 Å². The summed E-state index contributed by atoms with van der Waals surface area (Å²) in [4.78, 5) is 27.7. The van der Waals surface area contributed by atoms with Crippen molar-refractivity contribution in [2.45, 2.75) is 32.5 Å². The molecule has 4 heterocycles. The Hall–Kier alpha value is -2.51. The summed E-state index contributed by atoms with van der Waals surface area (Å²) < 4.78 is 2.97. The number of rotatable bonds is 4. The minimum absolute atomic E-state index is 0.219. The molecule has 0 amide bonds. The van der Waals surface area contributed by atoms with Crippen molar-refractivity contribution in [3.8, 4) is 0 Å². The Morgan fingerprint density at radius 3 is 2.57 bits per heavy atom. The molecule has 2 atom stereocenters. The van der Waals surface area contributed by atoms with Gasteiger partial charge in [-0.25, -0.2) is 4.68 Å². The molecule has 1 saturated heterocycles. The van der Waals surface area contributed by atoms with E-state index >= 15 is 0 Å². The maximum absolute atomic E-state index is 12.7. The van der Waals surface area contributed by atoms with E-state index in [0.717, 1.165) is 36.6 Å². The maximum atomic E-state index is 12.7. The van der Waals surface area contributed by atoms with Crippen molar-refractivity contribution >= 4 is 11.3 Å². The van der Waals surface area contributed by atoms with Crippen LogP contribution >= 0.6 is 11.3 Å². The van der Waals surface area contributed by atoms with E-state index in [9.17, 15) is 9.59 Å². The molecule has 0 bridgehead atoms. The van der Waals surface area contributed by atoms with Gasteiger partial charge in [0.15, 0.2) is 0 Å². The van der Waals surface area contributed by atoms with Crippen LogP contribution < -0.4 is 11.1 Å². The van der Waals surface area contributed by atoms with Gasteiger partial charge in [0.25, 0.3) is 0 Å². The normalized spacial score (nSPS) is 21.0. The Morgan fingerprint density at radius 1 is 1.00 bits per heavy atom. The average molecular weight is 395 g/mol. The first-order valence-electron chi connectivity index (χ1n) is 9.59. The first-order valence-corrected chi connectivity index (χ1v) is 10.5. The SMILES string of the molecule is Cc1ccc(Cn2nc3n(c(=O)c2=O)C[C@H]2CN(Cc4ccsc4)C[C@H]32)cc1. The highest BCUT2D eigenvalue weighted by Crippen LogP contribution is 2.37. The van der Waals surface area contributed by atoms with Crippen molar-refractivity contribution in [3.63, 3.8) is 0 Å². The van der Waals surface area contributed by atoms with Gasteiger partial charge >= 0.3 is 11.1 Å². The number of thiophene rings is 1. The quantitative estimate of drug-likeness (QED) is 0.636. The fraction of sp³-hybridized carbons (Fsp3) is 0.381. The molecule has 2 aromatic heterocycles. The van der Waals surface area contributed by atoms with E-state index in [0.29, 0.717) is 19.0 Å². The number of likely N-dealkylation sites (tertiary alicyclic amines) is 1. The average Bonchev–Trinajstić information content (AvgIpc) is 3.39. The molecule has 0 radical (unpaired) electrons. The number of hydrogen-bond acceptors (Lipinski definition) is 5. The van der Waals surface area contributed by atoms with Gasteiger partial charge < -0.3 is 0 Å². The lowest BCUT2D eigenvalue weighted by Gasteiger charge is -2.17. The summed E-state index contributed by atoms with van der Waals surface area (Å²) in [6, 6.07) is 10.1. The molecule has 28 heavy (non-hydrogen) atoms. The standard InChI is InChI=1S/C21H22N4O2S/c1-14-2-4-15(5-3-14)9-25-21(27)20(26)24-11-17-10-23(8-16-6-7-28-13-16)12-18(17)19(24)22-25/h2-7,13,17-18H,8-12H2,1H3/t17-,18+/m1/s1. The Morgan fingerprint density at radius 2 is 1.82 bits per heavy atom. The van der Waals surface area contributed by atoms with Crippen molar-refractivity contribution in [2.24, 2.45) is 5.92 Å². The summed E-state index contributed by atoms with van der Waals surface area (Å²) in [7, 11) is 0.